The van der Waals surface area contributed by atoms with Crippen LogP contribution < -0.4 is 0 Å². The first-order valence-corrected chi connectivity index (χ1v) is 8.56. The van der Waals surface area contributed by atoms with Crippen LogP contribution in [-0.4, -0.2) is 63.3 Å². The molecule has 2 heterocycles. The zero-order chi connectivity index (χ0) is 19.2. The highest BCUT2D eigenvalue weighted by Gasteiger charge is 2.16. The number of hydrogen-bond donors (Lipinski definition) is 0. The summed E-state index contributed by atoms with van der Waals surface area (Å²) < 4.78 is 1.98. The Morgan fingerprint density at radius 2 is 1.56 bits per heavy atom. The molecule has 138 valence electrons. The molecular formula is C20H21N5O2. The van der Waals surface area contributed by atoms with E-state index in [-0.39, 0.29) is 11.8 Å². The first kappa shape index (κ1) is 18.3. The SMILES string of the molecule is CN(CCN(C)C(=O)c1ccncn1)C(=O)c1ccc(-n2cccc2)cc1. The topological polar surface area (TPSA) is 71.3 Å². The van der Waals surface area contributed by atoms with E-state index < -0.39 is 0 Å². The minimum Gasteiger partial charge on any atom is -0.340 e. The molecular weight excluding hydrogens is 342 g/mol. The fraction of sp³-hybridized carbons (Fsp3) is 0.200. The fourth-order valence-electron chi connectivity index (χ4n) is 2.62. The Balaban J connectivity index is 1.56. The Bertz CT molecular complexity index is 892. The molecule has 7 nitrogen and oxygen atoms in total. The average molecular weight is 363 g/mol. The summed E-state index contributed by atoms with van der Waals surface area (Å²) in [6, 6.07) is 12.9. The van der Waals surface area contributed by atoms with Crippen LogP contribution in [0.5, 0.6) is 0 Å². The van der Waals surface area contributed by atoms with Crippen molar-refractivity contribution in [1.82, 2.24) is 24.3 Å². The molecule has 2 amide bonds. The molecule has 2 aromatic heterocycles. The monoisotopic (exact) mass is 363 g/mol. The van der Waals surface area contributed by atoms with Crippen LogP contribution in [0.2, 0.25) is 0 Å². The van der Waals surface area contributed by atoms with Crippen molar-refractivity contribution in [2.75, 3.05) is 27.2 Å². The number of benzene rings is 1. The van der Waals surface area contributed by atoms with Crippen molar-refractivity contribution in [3.8, 4) is 5.69 Å². The van der Waals surface area contributed by atoms with Crippen molar-refractivity contribution in [2.24, 2.45) is 0 Å². The number of carbonyl (C=O) groups excluding carboxylic acids is 2. The summed E-state index contributed by atoms with van der Waals surface area (Å²) in [5.74, 6) is -0.286. The van der Waals surface area contributed by atoms with Gasteiger partial charge < -0.3 is 14.4 Å². The van der Waals surface area contributed by atoms with E-state index in [0.717, 1.165) is 5.69 Å². The second kappa shape index (κ2) is 8.27. The molecule has 27 heavy (non-hydrogen) atoms. The summed E-state index contributed by atoms with van der Waals surface area (Å²) in [7, 11) is 3.42. The first-order valence-electron chi connectivity index (χ1n) is 8.56. The summed E-state index contributed by atoms with van der Waals surface area (Å²) in [6.45, 7) is 0.831. The van der Waals surface area contributed by atoms with E-state index in [0.29, 0.717) is 24.3 Å². The standard InChI is InChI=1S/C20H21N5O2/c1-23(13-14-24(2)20(27)18-9-10-21-15-22-18)19(26)16-5-7-17(8-6-16)25-11-3-4-12-25/h3-12,15H,13-14H2,1-2H3. The van der Waals surface area contributed by atoms with Gasteiger partial charge in [0, 0.05) is 57.0 Å². The van der Waals surface area contributed by atoms with Crippen LogP contribution in [0.3, 0.4) is 0 Å². The minimum atomic E-state index is -0.200. The van der Waals surface area contributed by atoms with E-state index in [1.54, 1.807) is 30.0 Å². The van der Waals surface area contributed by atoms with Crippen molar-refractivity contribution in [1.29, 1.82) is 0 Å². The molecule has 3 aromatic rings. The van der Waals surface area contributed by atoms with Crippen LogP contribution in [0.1, 0.15) is 20.8 Å². The Hall–Kier alpha value is -3.48. The molecule has 0 radical (unpaired) electrons. The summed E-state index contributed by atoms with van der Waals surface area (Å²) in [5, 5.41) is 0. The van der Waals surface area contributed by atoms with Gasteiger partial charge in [0.15, 0.2) is 0 Å². The van der Waals surface area contributed by atoms with E-state index in [1.807, 2.05) is 53.4 Å². The molecule has 3 rings (SSSR count). The number of rotatable bonds is 6. The van der Waals surface area contributed by atoms with Gasteiger partial charge >= 0.3 is 0 Å². The van der Waals surface area contributed by atoms with Crippen molar-refractivity contribution in [2.45, 2.75) is 0 Å². The highest BCUT2D eigenvalue weighted by Crippen LogP contribution is 2.11. The van der Waals surface area contributed by atoms with E-state index in [9.17, 15) is 9.59 Å². The van der Waals surface area contributed by atoms with E-state index in [2.05, 4.69) is 9.97 Å². The summed E-state index contributed by atoms with van der Waals surface area (Å²) >= 11 is 0. The van der Waals surface area contributed by atoms with Gasteiger partial charge in [-0.3, -0.25) is 9.59 Å². The third-order valence-corrected chi connectivity index (χ3v) is 4.28. The lowest BCUT2D eigenvalue weighted by Crippen LogP contribution is -2.37. The van der Waals surface area contributed by atoms with Gasteiger partial charge in [-0.25, -0.2) is 9.97 Å². The summed E-state index contributed by atoms with van der Waals surface area (Å²) in [6.07, 6.45) is 6.77. The lowest BCUT2D eigenvalue weighted by Gasteiger charge is -2.22. The molecule has 0 saturated carbocycles. The molecule has 0 aliphatic heterocycles. The fourth-order valence-corrected chi connectivity index (χ4v) is 2.62. The minimum absolute atomic E-state index is 0.0862. The molecule has 1 aromatic carbocycles. The molecule has 0 N–H and O–H groups in total. The van der Waals surface area contributed by atoms with Crippen LogP contribution in [0.4, 0.5) is 0 Å². The highest BCUT2D eigenvalue weighted by molar-refractivity contribution is 5.94. The van der Waals surface area contributed by atoms with Crippen LogP contribution in [0, 0.1) is 0 Å². The van der Waals surface area contributed by atoms with Crippen molar-refractivity contribution < 1.29 is 9.59 Å². The van der Waals surface area contributed by atoms with Gasteiger partial charge in [-0.2, -0.15) is 0 Å². The van der Waals surface area contributed by atoms with Gasteiger partial charge in [0.2, 0.25) is 0 Å². The third kappa shape index (κ3) is 4.38. The zero-order valence-electron chi connectivity index (χ0n) is 15.3. The third-order valence-electron chi connectivity index (χ3n) is 4.28. The maximum atomic E-state index is 12.6. The Morgan fingerprint density at radius 1 is 0.926 bits per heavy atom. The zero-order valence-corrected chi connectivity index (χ0v) is 15.3. The number of amides is 2. The second-order valence-corrected chi connectivity index (χ2v) is 6.19. The number of hydrogen-bond acceptors (Lipinski definition) is 4. The molecule has 7 heteroatoms. The van der Waals surface area contributed by atoms with Gasteiger partial charge in [-0.05, 0) is 42.5 Å². The second-order valence-electron chi connectivity index (χ2n) is 6.19. The average Bonchev–Trinajstić information content (AvgIpc) is 3.26. The van der Waals surface area contributed by atoms with E-state index >= 15 is 0 Å². The predicted molar refractivity (Wildman–Crippen MR) is 102 cm³/mol. The molecule has 0 spiro atoms. The van der Waals surface area contributed by atoms with Gasteiger partial charge in [0.05, 0.1) is 0 Å². The van der Waals surface area contributed by atoms with Gasteiger partial charge in [0.1, 0.15) is 12.0 Å². The van der Waals surface area contributed by atoms with E-state index in [4.69, 9.17) is 0 Å². The van der Waals surface area contributed by atoms with Crippen LogP contribution in [0.15, 0.2) is 67.4 Å². The Labute approximate surface area is 157 Å². The number of aromatic nitrogens is 3. The van der Waals surface area contributed by atoms with Crippen molar-refractivity contribution in [3.63, 3.8) is 0 Å². The van der Waals surface area contributed by atoms with Crippen molar-refractivity contribution >= 4 is 11.8 Å². The van der Waals surface area contributed by atoms with E-state index in [1.165, 1.54) is 12.5 Å². The maximum Gasteiger partial charge on any atom is 0.272 e. The smallest absolute Gasteiger partial charge is 0.272 e. The Kier molecular flexibility index (Phi) is 5.61. The molecule has 0 unspecified atom stereocenters. The normalized spacial score (nSPS) is 10.4. The molecule has 0 fully saturated rings. The lowest BCUT2D eigenvalue weighted by atomic mass is 10.2. The molecule has 0 saturated heterocycles. The molecule has 0 atom stereocenters. The number of nitrogens with zero attached hydrogens (tertiary/aromatic N) is 5. The molecule has 0 bridgehead atoms. The predicted octanol–water partition coefficient (Wildman–Crippen LogP) is 2.11. The Morgan fingerprint density at radius 3 is 2.15 bits per heavy atom. The van der Waals surface area contributed by atoms with Crippen LogP contribution in [0.25, 0.3) is 5.69 Å². The number of likely N-dealkylation sites (N-methyl/N-ethyl adjacent to an activating group) is 2. The van der Waals surface area contributed by atoms with Gasteiger partial charge in [-0.15, -0.1) is 0 Å². The largest absolute Gasteiger partial charge is 0.340 e. The van der Waals surface area contributed by atoms with Gasteiger partial charge in [0.25, 0.3) is 11.8 Å². The van der Waals surface area contributed by atoms with Crippen LogP contribution in [-0.2, 0) is 0 Å². The van der Waals surface area contributed by atoms with Crippen LogP contribution >= 0.6 is 0 Å². The first-order chi connectivity index (χ1) is 13.1. The number of carbonyl (C=O) groups is 2. The van der Waals surface area contributed by atoms with Gasteiger partial charge in [-0.1, -0.05) is 0 Å². The maximum absolute atomic E-state index is 12.6. The molecule has 0 aliphatic rings. The quantitative estimate of drug-likeness (QED) is 0.672. The molecule has 0 aliphatic carbocycles. The summed E-state index contributed by atoms with van der Waals surface area (Å²) in [4.78, 5) is 35.8. The summed E-state index contributed by atoms with van der Waals surface area (Å²) in [5.41, 5.74) is 1.94. The highest BCUT2D eigenvalue weighted by atomic mass is 16.2. The van der Waals surface area contributed by atoms with Crippen molar-refractivity contribution in [3.05, 3.63) is 78.6 Å². The lowest BCUT2D eigenvalue weighted by molar-refractivity contribution is 0.0715.